The maximum Gasteiger partial charge on any atom is 0.325 e. The minimum absolute atomic E-state index is 0.244. The van der Waals surface area contributed by atoms with Gasteiger partial charge in [-0.2, -0.15) is 0 Å². The van der Waals surface area contributed by atoms with Gasteiger partial charge in [0.1, 0.15) is 0 Å². The fourth-order valence-corrected chi connectivity index (χ4v) is 4.59. The number of benzene rings is 2. The van der Waals surface area contributed by atoms with Crippen molar-refractivity contribution in [2.75, 3.05) is 19.8 Å². The van der Waals surface area contributed by atoms with E-state index < -0.39 is 17.4 Å². The number of esters is 2. The second kappa shape index (κ2) is 6.40. The number of hydrogen-bond donors (Lipinski definition) is 0. The van der Waals surface area contributed by atoms with Crippen LogP contribution in [0, 0.1) is 5.41 Å². The molecule has 0 spiro atoms. The molecule has 1 fully saturated rings. The summed E-state index contributed by atoms with van der Waals surface area (Å²) >= 11 is 0. The zero-order chi connectivity index (χ0) is 18.3. The van der Waals surface area contributed by atoms with Gasteiger partial charge in [0.2, 0.25) is 0 Å². The summed E-state index contributed by atoms with van der Waals surface area (Å²) in [6, 6.07) is 12.0. The van der Waals surface area contributed by atoms with Crippen molar-refractivity contribution in [2.24, 2.45) is 5.41 Å². The number of hydrogen-bond acceptors (Lipinski definition) is 5. The molecule has 0 saturated carbocycles. The average molecular weight is 353 g/mol. The van der Waals surface area contributed by atoms with Gasteiger partial charge >= 0.3 is 11.9 Å². The second-order valence-corrected chi connectivity index (χ2v) is 6.90. The van der Waals surface area contributed by atoms with Gasteiger partial charge in [-0.25, -0.2) is 0 Å². The maximum absolute atomic E-state index is 13.0. The number of carbonyl (C=O) groups excluding carboxylic acids is 2. The summed E-state index contributed by atoms with van der Waals surface area (Å²) in [5.74, 6) is -0.940. The molecule has 1 atom stereocenters. The van der Waals surface area contributed by atoms with Crippen molar-refractivity contribution in [3.05, 3.63) is 47.5 Å². The lowest BCUT2D eigenvalue weighted by Gasteiger charge is -2.38. The van der Waals surface area contributed by atoms with E-state index in [9.17, 15) is 9.59 Å². The number of nitrogens with zero attached hydrogens (tertiary/aromatic N) is 1. The molecule has 2 aromatic rings. The largest absolute Gasteiger partial charge is 0.465 e. The van der Waals surface area contributed by atoms with Crippen molar-refractivity contribution in [1.29, 1.82) is 0 Å². The normalized spacial score (nSPS) is 20.6. The fraction of sp³-hybridized carbons (Fsp3) is 0.429. The van der Waals surface area contributed by atoms with E-state index in [0.29, 0.717) is 13.0 Å². The van der Waals surface area contributed by atoms with Gasteiger partial charge in [-0.05, 0) is 42.2 Å². The van der Waals surface area contributed by atoms with Gasteiger partial charge in [0.15, 0.2) is 5.41 Å². The second-order valence-electron chi connectivity index (χ2n) is 6.90. The molecule has 5 nitrogen and oxygen atoms in total. The maximum atomic E-state index is 13.0. The topological polar surface area (TPSA) is 55.8 Å². The molecule has 0 bridgehead atoms. The monoisotopic (exact) mass is 353 g/mol. The third kappa shape index (κ3) is 2.27. The van der Waals surface area contributed by atoms with E-state index in [-0.39, 0.29) is 19.3 Å². The van der Waals surface area contributed by atoms with E-state index in [1.165, 1.54) is 5.56 Å². The summed E-state index contributed by atoms with van der Waals surface area (Å²) in [7, 11) is 0. The first-order valence-corrected chi connectivity index (χ1v) is 9.22. The van der Waals surface area contributed by atoms with E-state index in [1.54, 1.807) is 13.8 Å². The SMILES string of the molecule is CCOC(=O)C1(C(=O)OCC)CCN2Cc3cccc4cccc(c34)C21. The molecule has 0 aromatic heterocycles. The Morgan fingerprint density at radius 1 is 1.08 bits per heavy atom. The highest BCUT2D eigenvalue weighted by molar-refractivity contribution is 6.03. The summed E-state index contributed by atoms with van der Waals surface area (Å²) < 4.78 is 10.7. The molecule has 1 saturated heterocycles. The Balaban J connectivity index is 1.92. The first-order valence-electron chi connectivity index (χ1n) is 9.22. The van der Waals surface area contributed by atoms with Crippen molar-refractivity contribution in [3.8, 4) is 0 Å². The molecular formula is C21H23NO4. The molecule has 2 aromatic carbocycles. The average Bonchev–Trinajstić information content (AvgIpc) is 3.03. The number of rotatable bonds is 4. The lowest BCUT2D eigenvalue weighted by Crippen LogP contribution is -2.47. The number of fused-ring (bicyclic) bond motifs is 2. The van der Waals surface area contributed by atoms with Crippen LogP contribution in [0.1, 0.15) is 37.4 Å². The van der Waals surface area contributed by atoms with Gasteiger partial charge in [0.25, 0.3) is 0 Å². The zero-order valence-corrected chi connectivity index (χ0v) is 15.2. The highest BCUT2D eigenvalue weighted by Gasteiger charge is 2.62. The van der Waals surface area contributed by atoms with Crippen LogP contribution in [0.15, 0.2) is 36.4 Å². The molecule has 0 aliphatic carbocycles. The Morgan fingerprint density at radius 3 is 2.38 bits per heavy atom. The van der Waals surface area contributed by atoms with Crippen molar-refractivity contribution in [2.45, 2.75) is 32.9 Å². The molecule has 0 amide bonds. The molecule has 136 valence electrons. The molecule has 4 rings (SSSR count). The predicted octanol–water partition coefficient (Wildman–Crippen LogP) is 3.21. The van der Waals surface area contributed by atoms with Crippen molar-refractivity contribution in [1.82, 2.24) is 4.90 Å². The number of ether oxygens (including phenoxy) is 2. The first-order chi connectivity index (χ1) is 12.6. The van der Waals surface area contributed by atoms with Crippen molar-refractivity contribution >= 4 is 22.7 Å². The fourth-order valence-electron chi connectivity index (χ4n) is 4.59. The minimum Gasteiger partial charge on any atom is -0.465 e. The van der Waals surface area contributed by atoms with Gasteiger partial charge in [-0.15, -0.1) is 0 Å². The quantitative estimate of drug-likeness (QED) is 0.624. The molecule has 1 unspecified atom stereocenters. The summed E-state index contributed by atoms with van der Waals surface area (Å²) in [6.07, 6.45) is 0.416. The highest BCUT2D eigenvalue weighted by atomic mass is 16.6. The Morgan fingerprint density at radius 2 is 1.73 bits per heavy atom. The summed E-state index contributed by atoms with van der Waals surface area (Å²) in [6.45, 7) is 5.40. The van der Waals surface area contributed by atoms with E-state index in [1.807, 2.05) is 12.1 Å². The van der Waals surface area contributed by atoms with Gasteiger partial charge in [-0.3, -0.25) is 14.5 Å². The third-order valence-electron chi connectivity index (χ3n) is 5.60. The lowest BCUT2D eigenvalue weighted by molar-refractivity contribution is -0.174. The zero-order valence-electron chi connectivity index (χ0n) is 15.2. The highest BCUT2D eigenvalue weighted by Crippen LogP contribution is 2.53. The van der Waals surface area contributed by atoms with Gasteiger partial charge < -0.3 is 9.47 Å². The number of carbonyl (C=O) groups is 2. The lowest BCUT2D eigenvalue weighted by atomic mass is 9.74. The first kappa shape index (κ1) is 17.0. The molecule has 2 aliphatic heterocycles. The van der Waals surface area contributed by atoms with Crippen LogP contribution in [-0.4, -0.2) is 36.6 Å². The summed E-state index contributed by atoms with van der Waals surface area (Å²) in [4.78, 5) is 28.3. The molecular weight excluding hydrogens is 330 g/mol. The Kier molecular flexibility index (Phi) is 4.19. The van der Waals surface area contributed by atoms with Gasteiger partial charge in [0.05, 0.1) is 19.3 Å². The molecule has 0 radical (unpaired) electrons. The predicted molar refractivity (Wildman–Crippen MR) is 97.4 cm³/mol. The molecule has 2 heterocycles. The van der Waals surface area contributed by atoms with Crippen LogP contribution in [-0.2, 0) is 25.6 Å². The van der Waals surface area contributed by atoms with E-state index in [4.69, 9.17) is 9.47 Å². The molecule has 5 heteroatoms. The van der Waals surface area contributed by atoms with E-state index >= 15 is 0 Å². The van der Waals surface area contributed by atoms with Gasteiger partial charge in [0, 0.05) is 13.1 Å². The van der Waals surface area contributed by atoms with Crippen molar-refractivity contribution < 1.29 is 19.1 Å². The molecule has 0 N–H and O–H groups in total. The van der Waals surface area contributed by atoms with Crippen LogP contribution >= 0.6 is 0 Å². The minimum atomic E-state index is -1.30. The van der Waals surface area contributed by atoms with Crippen molar-refractivity contribution in [3.63, 3.8) is 0 Å². The molecule has 2 aliphatic rings. The van der Waals surface area contributed by atoms with Crippen LogP contribution in [0.25, 0.3) is 10.8 Å². The van der Waals surface area contributed by atoms with E-state index in [2.05, 4.69) is 29.2 Å². The third-order valence-corrected chi connectivity index (χ3v) is 5.60. The Labute approximate surface area is 152 Å². The van der Waals surface area contributed by atoms with Crippen LogP contribution in [0.3, 0.4) is 0 Å². The van der Waals surface area contributed by atoms with Crippen LogP contribution < -0.4 is 0 Å². The van der Waals surface area contributed by atoms with Crippen LogP contribution in [0.2, 0.25) is 0 Å². The smallest absolute Gasteiger partial charge is 0.325 e. The summed E-state index contributed by atoms with van der Waals surface area (Å²) in [5, 5.41) is 2.28. The Bertz CT molecular complexity index is 852. The standard InChI is InChI=1S/C21H23NO4/c1-3-25-19(23)21(20(24)26-4-2)11-12-22-13-15-9-5-7-14-8-6-10-16(17(14)15)18(21)22/h5-10,18H,3-4,11-13H2,1-2H3. The molecule has 26 heavy (non-hydrogen) atoms. The van der Waals surface area contributed by atoms with Crippen LogP contribution in [0.4, 0.5) is 0 Å². The van der Waals surface area contributed by atoms with Crippen LogP contribution in [0.5, 0.6) is 0 Å². The van der Waals surface area contributed by atoms with Gasteiger partial charge in [-0.1, -0.05) is 36.4 Å². The van der Waals surface area contributed by atoms with E-state index in [0.717, 1.165) is 22.9 Å². The summed E-state index contributed by atoms with van der Waals surface area (Å²) in [5.41, 5.74) is 0.953. The Hall–Kier alpha value is -2.40.